The van der Waals surface area contributed by atoms with E-state index < -0.39 is 0 Å². The Bertz CT molecular complexity index is 663. The van der Waals surface area contributed by atoms with Crippen LogP contribution in [-0.4, -0.2) is 11.9 Å². The number of rotatable bonds is 10. The monoisotopic (exact) mass is 380 g/mol. The van der Waals surface area contributed by atoms with Gasteiger partial charge in [-0.15, -0.1) is 0 Å². The minimum atomic E-state index is -0.279. The van der Waals surface area contributed by atoms with Gasteiger partial charge in [-0.05, 0) is 37.0 Å². The summed E-state index contributed by atoms with van der Waals surface area (Å²) in [6.07, 6.45) is 7.99. The molecule has 0 amide bonds. The van der Waals surface area contributed by atoms with Gasteiger partial charge in [0.15, 0.2) is 0 Å². The molecule has 0 bridgehead atoms. The van der Waals surface area contributed by atoms with Gasteiger partial charge in [0.2, 0.25) is 0 Å². The SMILES string of the molecule is CCCCCCCc1cc(=O)oc2cc(OCCCBr)ccc12. The third-order valence-corrected chi connectivity index (χ3v) is 4.46. The van der Waals surface area contributed by atoms with Crippen LogP contribution in [0, 0.1) is 0 Å². The van der Waals surface area contributed by atoms with E-state index in [-0.39, 0.29) is 5.63 Å². The molecule has 0 unspecified atom stereocenters. The molecule has 0 saturated carbocycles. The summed E-state index contributed by atoms with van der Waals surface area (Å²) in [7, 11) is 0. The van der Waals surface area contributed by atoms with Crippen LogP contribution in [0.2, 0.25) is 0 Å². The molecular weight excluding hydrogens is 356 g/mol. The minimum absolute atomic E-state index is 0.279. The van der Waals surface area contributed by atoms with Crippen LogP contribution in [0.4, 0.5) is 0 Å². The zero-order valence-electron chi connectivity index (χ0n) is 13.8. The maximum absolute atomic E-state index is 11.8. The molecule has 3 nitrogen and oxygen atoms in total. The van der Waals surface area contributed by atoms with Crippen LogP contribution >= 0.6 is 15.9 Å². The van der Waals surface area contributed by atoms with Gasteiger partial charge in [0, 0.05) is 22.8 Å². The Balaban J connectivity index is 2.10. The van der Waals surface area contributed by atoms with Crippen molar-refractivity contribution < 1.29 is 9.15 Å². The number of fused-ring (bicyclic) bond motifs is 1. The van der Waals surface area contributed by atoms with Crippen molar-refractivity contribution in [1.82, 2.24) is 0 Å². The van der Waals surface area contributed by atoms with Crippen molar-refractivity contribution in [3.63, 3.8) is 0 Å². The van der Waals surface area contributed by atoms with E-state index in [0.717, 1.165) is 41.3 Å². The first-order valence-corrected chi connectivity index (χ1v) is 9.62. The second kappa shape index (κ2) is 9.76. The first kappa shape index (κ1) is 18.1. The zero-order chi connectivity index (χ0) is 16.5. The zero-order valence-corrected chi connectivity index (χ0v) is 15.4. The summed E-state index contributed by atoms with van der Waals surface area (Å²) in [5.41, 5.74) is 1.43. The van der Waals surface area contributed by atoms with Gasteiger partial charge in [-0.1, -0.05) is 48.5 Å². The Kier molecular flexibility index (Phi) is 7.66. The van der Waals surface area contributed by atoms with Crippen molar-refractivity contribution in [2.45, 2.75) is 51.9 Å². The molecule has 0 saturated heterocycles. The molecule has 4 heteroatoms. The van der Waals surface area contributed by atoms with Crippen molar-refractivity contribution in [1.29, 1.82) is 0 Å². The topological polar surface area (TPSA) is 39.4 Å². The fourth-order valence-corrected chi connectivity index (χ4v) is 2.90. The van der Waals surface area contributed by atoms with Crippen LogP contribution in [0.5, 0.6) is 5.75 Å². The number of hydrogen-bond donors (Lipinski definition) is 0. The van der Waals surface area contributed by atoms with Gasteiger partial charge in [0.05, 0.1) is 6.61 Å². The Hall–Kier alpha value is -1.29. The van der Waals surface area contributed by atoms with E-state index in [0.29, 0.717) is 12.2 Å². The number of alkyl halides is 1. The van der Waals surface area contributed by atoms with Crippen molar-refractivity contribution in [3.8, 4) is 5.75 Å². The van der Waals surface area contributed by atoms with Gasteiger partial charge < -0.3 is 9.15 Å². The maximum atomic E-state index is 11.8. The van der Waals surface area contributed by atoms with E-state index in [9.17, 15) is 4.79 Å². The molecule has 0 fully saturated rings. The predicted octanol–water partition coefficient (Wildman–Crippen LogP) is 5.47. The summed E-state index contributed by atoms with van der Waals surface area (Å²) in [4.78, 5) is 11.8. The standard InChI is InChI=1S/C19H25BrO3/c1-2-3-4-5-6-8-15-13-19(21)23-18-14-16(9-10-17(15)18)22-12-7-11-20/h9-10,13-14H,2-8,11-12H2,1H3. The van der Waals surface area contributed by atoms with Crippen molar-refractivity contribution in [2.75, 3.05) is 11.9 Å². The molecule has 2 aromatic rings. The number of hydrogen-bond acceptors (Lipinski definition) is 3. The van der Waals surface area contributed by atoms with E-state index in [1.54, 1.807) is 6.07 Å². The first-order chi connectivity index (χ1) is 11.2. The normalized spacial score (nSPS) is 11.0. The Morgan fingerprint density at radius 2 is 1.91 bits per heavy atom. The highest BCUT2D eigenvalue weighted by atomic mass is 79.9. The molecule has 1 aromatic carbocycles. The van der Waals surface area contributed by atoms with Crippen LogP contribution < -0.4 is 10.4 Å². The third-order valence-electron chi connectivity index (χ3n) is 3.90. The number of aryl methyl sites for hydroxylation is 1. The minimum Gasteiger partial charge on any atom is -0.493 e. The van der Waals surface area contributed by atoms with Crippen molar-refractivity contribution in [2.24, 2.45) is 0 Å². The van der Waals surface area contributed by atoms with Crippen molar-refractivity contribution >= 4 is 26.9 Å². The van der Waals surface area contributed by atoms with E-state index >= 15 is 0 Å². The van der Waals surface area contributed by atoms with Crippen LogP contribution in [0.1, 0.15) is 51.0 Å². The lowest BCUT2D eigenvalue weighted by Crippen LogP contribution is -2.02. The lowest BCUT2D eigenvalue weighted by molar-refractivity contribution is 0.319. The van der Waals surface area contributed by atoms with Gasteiger partial charge in [-0.2, -0.15) is 0 Å². The second-order valence-corrected chi connectivity index (χ2v) is 6.60. The van der Waals surface area contributed by atoms with Gasteiger partial charge in [0.25, 0.3) is 0 Å². The van der Waals surface area contributed by atoms with Gasteiger partial charge in [0.1, 0.15) is 11.3 Å². The maximum Gasteiger partial charge on any atom is 0.336 e. The predicted molar refractivity (Wildman–Crippen MR) is 98.9 cm³/mol. The fraction of sp³-hybridized carbons (Fsp3) is 0.526. The molecule has 0 spiro atoms. The Labute approximate surface area is 146 Å². The average molecular weight is 381 g/mol. The molecule has 0 aliphatic rings. The lowest BCUT2D eigenvalue weighted by atomic mass is 10.0. The highest BCUT2D eigenvalue weighted by Crippen LogP contribution is 2.24. The molecule has 0 aliphatic carbocycles. The summed E-state index contributed by atoms with van der Waals surface area (Å²) in [5.74, 6) is 0.752. The first-order valence-electron chi connectivity index (χ1n) is 8.50. The lowest BCUT2D eigenvalue weighted by Gasteiger charge is -2.08. The molecule has 0 atom stereocenters. The highest BCUT2D eigenvalue weighted by molar-refractivity contribution is 9.09. The number of ether oxygens (including phenoxy) is 1. The second-order valence-electron chi connectivity index (χ2n) is 5.80. The molecule has 126 valence electrons. The molecule has 0 aliphatic heterocycles. The summed E-state index contributed by atoms with van der Waals surface area (Å²) in [6.45, 7) is 2.87. The summed E-state index contributed by atoms with van der Waals surface area (Å²) < 4.78 is 11.0. The van der Waals surface area contributed by atoms with E-state index in [1.807, 2.05) is 18.2 Å². The third kappa shape index (κ3) is 5.69. The summed E-state index contributed by atoms with van der Waals surface area (Å²) in [6, 6.07) is 7.42. The molecule has 2 rings (SSSR count). The largest absolute Gasteiger partial charge is 0.493 e. The number of unbranched alkanes of at least 4 members (excludes halogenated alkanes) is 4. The molecule has 23 heavy (non-hydrogen) atoms. The van der Waals surface area contributed by atoms with E-state index in [2.05, 4.69) is 22.9 Å². The van der Waals surface area contributed by atoms with E-state index in [4.69, 9.17) is 9.15 Å². The van der Waals surface area contributed by atoms with Crippen molar-refractivity contribution in [3.05, 3.63) is 40.2 Å². The Morgan fingerprint density at radius 3 is 2.70 bits per heavy atom. The number of halogens is 1. The van der Waals surface area contributed by atoms with Crippen LogP contribution in [-0.2, 0) is 6.42 Å². The van der Waals surface area contributed by atoms with Crippen LogP contribution in [0.25, 0.3) is 11.0 Å². The van der Waals surface area contributed by atoms with Gasteiger partial charge in [-0.3, -0.25) is 0 Å². The van der Waals surface area contributed by atoms with E-state index in [1.165, 1.54) is 25.7 Å². The molecular formula is C19H25BrO3. The van der Waals surface area contributed by atoms with Gasteiger partial charge in [-0.25, -0.2) is 4.79 Å². The molecule has 1 heterocycles. The number of benzene rings is 1. The van der Waals surface area contributed by atoms with Crippen LogP contribution in [0.3, 0.4) is 0 Å². The molecule has 0 radical (unpaired) electrons. The van der Waals surface area contributed by atoms with Crippen LogP contribution in [0.15, 0.2) is 33.5 Å². The average Bonchev–Trinajstić information content (AvgIpc) is 2.54. The quantitative estimate of drug-likeness (QED) is 0.311. The smallest absolute Gasteiger partial charge is 0.336 e. The summed E-state index contributed by atoms with van der Waals surface area (Å²) in [5, 5.41) is 1.94. The summed E-state index contributed by atoms with van der Waals surface area (Å²) >= 11 is 3.38. The highest BCUT2D eigenvalue weighted by Gasteiger charge is 2.07. The molecule has 0 N–H and O–H groups in total. The molecule has 1 aromatic heterocycles. The fourth-order valence-electron chi connectivity index (χ4n) is 2.67. The van der Waals surface area contributed by atoms with Gasteiger partial charge >= 0.3 is 5.63 Å². The Morgan fingerprint density at radius 1 is 1.09 bits per heavy atom.